The molecule has 0 saturated heterocycles. The van der Waals surface area contributed by atoms with Crippen molar-refractivity contribution in [2.45, 2.75) is 37.2 Å². The lowest BCUT2D eigenvalue weighted by atomic mass is 9.67. The molecule has 1 atom stereocenters. The molecule has 1 aliphatic carbocycles. The highest BCUT2D eigenvalue weighted by atomic mass is 32.2. The molecule has 178 valence electrons. The summed E-state index contributed by atoms with van der Waals surface area (Å²) in [6, 6.07) is 17.3. The van der Waals surface area contributed by atoms with Crippen molar-refractivity contribution in [1.29, 1.82) is 0 Å². The molecule has 1 aliphatic heterocycles. The maximum atomic E-state index is 12.9. The molecule has 2 aliphatic rings. The number of aliphatic hydroxyl groups excluding tert-OH is 1. The maximum absolute atomic E-state index is 12.9. The summed E-state index contributed by atoms with van der Waals surface area (Å²) in [5, 5.41) is 14.4. The zero-order valence-corrected chi connectivity index (χ0v) is 20.0. The van der Waals surface area contributed by atoms with E-state index < -0.39 is 16.1 Å². The molecule has 1 fully saturated rings. The van der Waals surface area contributed by atoms with Crippen molar-refractivity contribution in [1.82, 2.24) is 10.3 Å². The largest absolute Gasteiger partial charge is 0.387 e. The first kappa shape index (κ1) is 22.8. The second-order valence-corrected chi connectivity index (χ2v) is 11.5. The van der Waals surface area contributed by atoms with Gasteiger partial charge < -0.3 is 10.4 Å². The molecule has 1 amide bonds. The van der Waals surface area contributed by atoms with Crippen molar-refractivity contribution in [3.63, 3.8) is 0 Å². The van der Waals surface area contributed by atoms with E-state index in [0.717, 1.165) is 35.0 Å². The molecule has 2 aromatic carbocycles. The van der Waals surface area contributed by atoms with Gasteiger partial charge in [0.25, 0.3) is 0 Å². The molecule has 5 rings (SSSR count). The van der Waals surface area contributed by atoms with E-state index >= 15 is 0 Å². The molecule has 1 aromatic heterocycles. The van der Waals surface area contributed by atoms with Crippen LogP contribution in [0.4, 0.5) is 5.69 Å². The van der Waals surface area contributed by atoms with E-state index in [1.54, 1.807) is 6.20 Å². The highest BCUT2D eigenvalue weighted by Crippen LogP contribution is 2.50. The molecule has 34 heavy (non-hydrogen) atoms. The van der Waals surface area contributed by atoms with E-state index in [-0.39, 0.29) is 23.8 Å². The van der Waals surface area contributed by atoms with E-state index in [0.29, 0.717) is 24.9 Å². The van der Waals surface area contributed by atoms with Gasteiger partial charge in [0.05, 0.1) is 23.6 Å². The van der Waals surface area contributed by atoms with Gasteiger partial charge in [0.1, 0.15) is 0 Å². The first-order chi connectivity index (χ1) is 16.3. The average molecular weight is 480 g/mol. The van der Waals surface area contributed by atoms with E-state index in [2.05, 4.69) is 10.3 Å². The van der Waals surface area contributed by atoms with Gasteiger partial charge in [-0.15, -0.1) is 0 Å². The Morgan fingerprint density at radius 3 is 2.65 bits per heavy atom. The van der Waals surface area contributed by atoms with Gasteiger partial charge in [-0.05, 0) is 49.4 Å². The fourth-order valence-corrected chi connectivity index (χ4v) is 6.47. The molecule has 1 unspecified atom stereocenters. The molecule has 2 heterocycles. The minimum atomic E-state index is -3.36. The van der Waals surface area contributed by atoms with Gasteiger partial charge >= 0.3 is 0 Å². The number of hydrogen-bond donors (Lipinski definition) is 2. The van der Waals surface area contributed by atoms with Crippen LogP contribution in [0, 0.1) is 5.92 Å². The quantitative estimate of drug-likeness (QED) is 0.585. The van der Waals surface area contributed by atoms with E-state index in [1.165, 1.54) is 10.6 Å². The number of aliphatic hydroxyl groups is 1. The molecular weight excluding hydrogens is 450 g/mol. The predicted molar refractivity (Wildman–Crippen MR) is 132 cm³/mol. The summed E-state index contributed by atoms with van der Waals surface area (Å²) in [4.78, 5) is 17.3. The number of sulfonamides is 1. The van der Waals surface area contributed by atoms with Crippen LogP contribution in [-0.2, 0) is 20.2 Å². The minimum Gasteiger partial charge on any atom is -0.387 e. The Balaban J connectivity index is 1.21. The number of amides is 1. The van der Waals surface area contributed by atoms with Crippen molar-refractivity contribution in [2.24, 2.45) is 5.92 Å². The van der Waals surface area contributed by atoms with E-state index in [1.807, 2.05) is 54.6 Å². The number of carbonyl (C=O) groups excluding carboxylic acids is 1. The lowest BCUT2D eigenvalue weighted by molar-refractivity contribution is -0.126. The number of nitrogens with one attached hydrogen (secondary N) is 1. The summed E-state index contributed by atoms with van der Waals surface area (Å²) in [5.74, 6) is -0.208. The number of nitrogens with zero attached hydrogens (tertiary/aromatic N) is 2. The van der Waals surface area contributed by atoms with Gasteiger partial charge in [0.2, 0.25) is 15.9 Å². The summed E-state index contributed by atoms with van der Waals surface area (Å²) in [5.41, 5.74) is 3.12. The van der Waals surface area contributed by atoms with Crippen LogP contribution in [-0.4, -0.2) is 43.8 Å². The summed E-state index contributed by atoms with van der Waals surface area (Å²) < 4.78 is 26.2. The van der Waals surface area contributed by atoms with Gasteiger partial charge in [-0.1, -0.05) is 36.4 Å². The van der Waals surface area contributed by atoms with Gasteiger partial charge in [0, 0.05) is 41.6 Å². The minimum absolute atomic E-state index is 0.0612. The summed E-state index contributed by atoms with van der Waals surface area (Å²) in [6.45, 7) is 0.568. The number of anilines is 1. The normalized spacial score (nSPS) is 23.1. The standard InChI is InChI=1S/C26H29N3O4S/c1-34(32,33)29-17-26(21-7-3-5-9-23(21)29)12-10-18(11-13-26)25(31)28-16-24(30)20-14-19-6-2-4-8-22(19)27-15-20/h2-9,14-15,18,24,30H,10-13,16-17H2,1H3,(H,28,31)/t18-,24?,26-. The zero-order valence-electron chi connectivity index (χ0n) is 19.1. The Labute approximate surface area is 199 Å². The highest BCUT2D eigenvalue weighted by molar-refractivity contribution is 7.92. The summed E-state index contributed by atoms with van der Waals surface area (Å²) in [6.07, 6.45) is 4.95. The summed E-state index contributed by atoms with van der Waals surface area (Å²) >= 11 is 0. The number of aromatic nitrogens is 1. The molecule has 0 radical (unpaired) electrons. The first-order valence-corrected chi connectivity index (χ1v) is 13.5. The molecule has 1 spiro atoms. The number of fused-ring (bicyclic) bond motifs is 3. The number of rotatable bonds is 5. The van der Waals surface area contributed by atoms with Gasteiger partial charge in [-0.3, -0.25) is 14.1 Å². The van der Waals surface area contributed by atoms with Gasteiger partial charge in [-0.2, -0.15) is 0 Å². The van der Waals surface area contributed by atoms with Crippen LogP contribution >= 0.6 is 0 Å². The van der Waals surface area contributed by atoms with Crippen LogP contribution in [0.25, 0.3) is 10.9 Å². The van der Waals surface area contributed by atoms with Crippen LogP contribution in [0.5, 0.6) is 0 Å². The lowest BCUT2D eigenvalue weighted by Gasteiger charge is -2.37. The fourth-order valence-electron chi connectivity index (χ4n) is 5.47. The van der Waals surface area contributed by atoms with Crippen LogP contribution in [0.1, 0.15) is 42.9 Å². The lowest BCUT2D eigenvalue weighted by Crippen LogP contribution is -2.42. The topological polar surface area (TPSA) is 99.6 Å². The number of benzene rings is 2. The molecule has 2 N–H and O–H groups in total. The van der Waals surface area contributed by atoms with E-state index in [9.17, 15) is 18.3 Å². The Hall–Kier alpha value is -2.97. The third-order valence-electron chi connectivity index (χ3n) is 7.37. The third kappa shape index (κ3) is 4.16. The van der Waals surface area contributed by atoms with Crippen LogP contribution in [0.3, 0.4) is 0 Å². The Bertz CT molecular complexity index is 1330. The Kier molecular flexibility index (Phi) is 5.81. The zero-order chi connectivity index (χ0) is 23.9. The van der Waals surface area contributed by atoms with Crippen molar-refractivity contribution in [2.75, 3.05) is 23.7 Å². The maximum Gasteiger partial charge on any atom is 0.232 e. The van der Waals surface area contributed by atoms with E-state index in [4.69, 9.17) is 0 Å². The molecule has 8 heteroatoms. The smallest absolute Gasteiger partial charge is 0.232 e. The molecule has 7 nitrogen and oxygen atoms in total. The molecular formula is C26H29N3O4S. The fraction of sp³-hybridized carbons (Fsp3) is 0.385. The monoisotopic (exact) mass is 479 g/mol. The summed E-state index contributed by atoms with van der Waals surface area (Å²) in [7, 11) is -3.36. The predicted octanol–water partition coefficient (Wildman–Crippen LogP) is 3.29. The van der Waals surface area contributed by atoms with Crippen LogP contribution in [0.15, 0.2) is 60.8 Å². The number of carbonyl (C=O) groups is 1. The molecule has 0 bridgehead atoms. The van der Waals surface area contributed by atoms with Crippen molar-refractivity contribution < 1.29 is 18.3 Å². The van der Waals surface area contributed by atoms with Crippen molar-refractivity contribution >= 4 is 32.5 Å². The number of para-hydroxylation sites is 2. The SMILES string of the molecule is CS(=O)(=O)N1C[C@]2(CC[C@@H](C(=O)NCC(O)c3cnc4ccccc4c3)CC2)c2ccccc21. The first-order valence-electron chi connectivity index (χ1n) is 11.6. The van der Waals surface area contributed by atoms with Gasteiger partial charge in [-0.25, -0.2) is 8.42 Å². The van der Waals surface area contributed by atoms with Crippen molar-refractivity contribution in [3.05, 3.63) is 71.9 Å². The van der Waals surface area contributed by atoms with Crippen LogP contribution < -0.4 is 9.62 Å². The second kappa shape index (κ2) is 8.67. The second-order valence-electron chi connectivity index (χ2n) is 9.56. The van der Waals surface area contributed by atoms with Crippen LogP contribution in [0.2, 0.25) is 0 Å². The third-order valence-corrected chi connectivity index (χ3v) is 8.50. The number of hydrogen-bond acceptors (Lipinski definition) is 5. The van der Waals surface area contributed by atoms with Crippen molar-refractivity contribution in [3.8, 4) is 0 Å². The number of pyridine rings is 1. The Morgan fingerprint density at radius 1 is 1.18 bits per heavy atom. The van der Waals surface area contributed by atoms with Gasteiger partial charge in [0.15, 0.2) is 0 Å². The molecule has 1 saturated carbocycles. The average Bonchev–Trinajstić information content (AvgIpc) is 3.17. The molecule has 3 aromatic rings. The Morgan fingerprint density at radius 2 is 1.88 bits per heavy atom. The highest BCUT2D eigenvalue weighted by Gasteiger charge is 2.47.